The fourth-order valence-electron chi connectivity index (χ4n) is 2.18. The Balaban J connectivity index is 2.02. The number of nitrogens with one attached hydrogen (secondary N) is 1. The predicted octanol–water partition coefficient (Wildman–Crippen LogP) is 1.58. The largest absolute Gasteiger partial charge is 0.481 e. The third kappa shape index (κ3) is 3.31. The molecule has 1 unspecified atom stereocenters. The van der Waals surface area contributed by atoms with E-state index in [0.29, 0.717) is 13.2 Å². The summed E-state index contributed by atoms with van der Waals surface area (Å²) in [6.45, 7) is 4.33. The molecule has 1 fully saturated rings. The van der Waals surface area contributed by atoms with Crippen LogP contribution in [0.4, 0.5) is 0 Å². The molecule has 2 rings (SSSR count). The molecule has 1 atom stereocenters. The highest BCUT2D eigenvalue weighted by atomic mass is 16.5. The zero-order valence-corrected chi connectivity index (χ0v) is 10.6. The molecule has 1 saturated heterocycles. The highest BCUT2D eigenvalue weighted by Gasteiger charge is 2.28. The molecule has 0 aromatic heterocycles. The van der Waals surface area contributed by atoms with E-state index in [4.69, 9.17) is 9.84 Å². The Kier molecular flexibility index (Phi) is 3.99. The Bertz CT molecular complexity index is 425. The van der Waals surface area contributed by atoms with Crippen LogP contribution in [0.15, 0.2) is 24.3 Å². The highest BCUT2D eigenvalue weighted by Crippen LogP contribution is 2.19. The molecule has 0 aliphatic carbocycles. The van der Waals surface area contributed by atoms with Crippen molar-refractivity contribution in [3.8, 4) is 0 Å². The summed E-state index contributed by atoms with van der Waals surface area (Å²) in [4.78, 5) is 10.8. The van der Waals surface area contributed by atoms with Crippen LogP contribution in [0.5, 0.6) is 0 Å². The van der Waals surface area contributed by atoms with Gasteiger partial charge in [0.2, 0.25) is 0 Å². The molecular formula is C14H19NO3. The SMILES string of the molecule is CC1(NCc2ccccc2CC(=O)O)CCOC1. The average molecular weight is 249 g/mol. The minimum absolute atomic E-state index is 0.0103. The number of hydrogen-bond donors (Lipinski definition) is 2. The van der Waals surface area contributed by atoms with E-state index >= 15 is 0 Å². The molecule has 4 nitrogen and oxygen atoms in total. The molecule has 98 valence electrons. The summed E-state index contributed by atoms with van der Waals surface area (Å²) < 4.78 is 5.39. The van der Waals surface area contributed by atoms with Crippen LogP contribution in [0, 0.1) is 0 Å². The first kappa shape index (κ1) is 13.1. The van der Waals surface area contributed by atoms with E-state index in [0.717, 1.165) is 24.2 Å². The van der Waals surface area contributed by atoms with Crippen molar-refractivity contribution in [3.05, 3.63) is 35.4 Å². The van der Waals surface area contributed by atoms with Gasteiger partial charge in [-0.3, -0.25) is 4.79 Å². The number of carbonyl (C=O) groups is 1. The summed E-state index contributed by atoms with van der Waals surface area (Å²) in [7, 11) is 0. The molecule has 1 aliphatic rings. The average Bonchev–Trinajstić information content (AvgIpc) is 2.75. The van der Waals surface area contributed by atoms with Crippen molar-refractivity contribution in [1.29, 1.82) is 0 Å². The van der Waals surface area contributed by atoms with Crippen molar-refractivity contribution >= 4 is 5.97 Å². The van der Waals surface area contributed by atoms with Crippen LogP contribution in [0.1, 0.15) is 24.5 Å². The molecule has 4 heteroatoms. The van der Waals surface area contributed by atoms with Crippen LogP contribution in [0.2, 0.25) is 0 Å². The Morgan fingerprint density at radius 2 is 2.17 bits per heavy atom. The minimum atomic E-state index is -0.794. The Morgan fingerprint density at radius 3 is 2.78 bits per heavy atom. The number of benzene rings is 1. The van der Waals surface area contributed by atoms with Gasteiger partial charge in [0.25, 0.3) is 0 Å². The molecule has 0 bridgehead atoms. The predicted molar refractivity (Wildman–Crippen MR) is 68.5 cm³/mol. The lowest BCUT2D eigenvalue weighted by Gasteiger charge is -2.24. The molecule has 2 N–H and O–H groups in total. The zero-order valence-electron chi connectivity index (χ0n) is 10.6. The van der Waals surface area contributed by atoms with Crippen molar-refractivity contribution in [2.75, 3.05) is 13.2 Å². The van der Waals surface area contributed by atoms with E-state index in [2.05, 4.69) is 12.2 Å². The molecule has 18 heavy (non-hydrogen) atoms. The standard InChI is InChI=1S/C14H19NO3/c1-14(6-7-18-10-14)15-9-12-5-3-2-4-11(12)8-13(16)17/h2-5,15H,6-10H2,1H3,(H,16,17). The van der Waals surface area contributed by atoms with Gasteiger partial charge in [-0.15, -0.1) is 0 Å². The number of carboxylic acids is 1. The smallest absolute Gasteiger partial charge is 0.307 e. The van der Waals surface area contributed by atoms with Gasteiger partial charge in [-0.25, -0.2) is 0 Å². The molecule has 0 spiro atoms. The first-order valence-electron chi connectivity index (χ1n) is 6.20. The van der Waals surface area contributed by atoms with Crippen molar-refractivity contribution in [2.24, 2.45) is 0 Å². The molecule has 0 saturated carbocycles. The van der Waals surface area contributed by atoms with Crippen molar-refractivity contribution in [1.82, 2.24) is 5.32 Å². The zero-order chi connectivity index (χ0) is 13.0. The van der Waals surface area contributed by atoms with E-state index in [1.807, 2.05) is 24.3 Å². The third-order valence-corrected chi connectivity index (χ3v) is 3.38. The summed E-state index contributed by atoms with van der Waals surface area (Å²) >= 11 is 0. The van der Waals surface area contributed by atoms with Gasteiger partial charge < -0.3 is 15.2 Å². The number of aliphatic carboxylic acids is 1. The summed E-state index contributed by atoms with van der Waals surface area (Å²) in [5.74, 6) is -0.794. The van der Waals surface area contributed by atoms with Crippen LogP contribution in [-0.4, -0.2) is 29.8 Å². The quantitative estimate of drug-likeness (QED) is 0.832. The van der Waals surface area contributed by atoms with E-state index in [1.54, 1.807) is 0 Å². The number of rotatable bonds is 5. The Hall–Kier alpha value is -1.39. The van der Waals surface area contributed by atoms with Gasteiger partial charge in [0.1, 0.15) is 0 Å². The van der Waals surface area contributed by atoms with Gasteiger partial charge in [-0.2, -0.15) is 0 Å². The summed E-state index contributed by atoms with van der Waals surface area (Å²) in [6, 6.07) is 7.67. The number of hydrogen-bond acceptors (Lipinski definition) is 3. The van der Waals surface area contributed by atoms with Crippen LogP contribution in [0.25, 0.3) is 0 Å². The highest BCUT2D eigenvalue weighted by molar-refractivity contribution is 5.70. The van der Waals surface area contributed by atoms with Gasteiger partial charge in [0, 0.05) is 18.7 Å². The number of ether oxygens (including phenoxy) is 1. The number of carboxylic acid groups (broad SMARTS) is 1. The van der Waals surface area contributed by atoms with E-state index in [-0.39, 0.29) is 12.0 Å². The van der Waals surface area contributed by atoms with E-state index in [1.165, 1.54) is 0 Å². The van der Waals surface area contributed by atoms with Crippen molar-refractivity contribution < 1.29 is 14.6 Å². The van der Waals surface area contributed by atoms with Crippen molar-refractivity contribution in [3.63, 3.8) is 0 Å². The van der Waals surface area contributed by atoms with E-state index < -0.39 is 5.97 Å². The van der Waals surface area contributed by atoms with E-state index in [9.17, 15) is 4.79 Å². The second-order valence-electron chi connectivity index (χ2n) is 5.06. The maximum absolute atomic E-state index is 10.8. The van der Waals surface area contributed by atoms with Crippen LogP contribution < -0.4 is 5.32 Å². The Morgan fingerprint density at radius 1 is 1.44 bits per heavy atom. The topological polar surface area (TPSA) is 58.6 Å². The fourth-order valence-corrected chi connectivity index (χ4v) is 2.18. The van der Waals surface area contributed by atoms with Crippen LogP contribution in [0.3, 0.4) is 0 Å². The van der Waals surface area contributed by atoms with Crippen LogP contribution in [-0.2, 0) is 22.5 Å². The van der Waals surface area contributed by atoms with Crippen molar-refractivity contribution in [2.45, 2.75) is 31.8 Å². The van der Waals surface area contributed by atoms with Gasteiger partial charge in [-0.1, -0.05) is 24.3 Å². The first-order chi connectivity index (χ1) is 8.59. The van der Waals surface area contributed by atoms with Gasteiger partial charge in [0.05, 0.1) is 13.0 Å². The van der Waals surface area contributed by atoms with Crippen LogP contribution >= 0.6 is 0 Å². The molecule has 1 aromatic carbocycles. The molecular weight excluding hydrogens is 230 g/mol. The molecule has 0 radical (unpaired) electrons. The van der Waals surface area contributed by atoms with Gasteiger partial charge in [-0.05, 0) is 24.5 Å². The lowest BCUT2D eigenvalue weighted by Crippen LogP contribution is -2.42. The van der Waals surface area contributed by atoms with Gasteiger partial charge >= 0.3 is 5.97 Å². The maximum Gasteiger partial charge on any atom is 0.307 e. The fraction of sp³-hybridized carbons (Fsp3) is 0.500. The maximum atomic E-state index is 10.8. The third-order valence-electron chi connectivity index (χ3n) is 3.38. The summed E-state index contributed by atoms with van der Waals surface area (Å²) in [5, 5.41) is 12.4. The molecule has 0 amide bonds. The second-order valence-corrected chi connectivity index (χ2v) is 5.06. The minimum Gasteiger partial charge on any atom is -0.481 e. The monoisotopic (exact) mass is 249 g/mol. The molecule has 1 heterocycles. The first-order valence-corrected chi connectivity index (χ1v) is 6.20. The second kappa shape index (κ2) is 5.50. The molecule has 1 aliphatic heterocycles. The summed E-state index contributed by atoms with van der Waals surface area (Å²) in [5.41, 5.74) is 1.93. The Labute approximate surface area is 107 Å². The summed E-state index contributed by atoms with van der Waals surface area (Å²) in [6.07, 6.45) is 1.07. The lowest BCUT2D eigenvalue weighted by molar-refractivity contribution is -0.136. The normalized spacial score (nSPS) is 23.2. The van der Waals surface area contributed by atoms with Gasteiger partial charge in [0.15, 0.2) is 0 Å². The lowest BCUT2D eigenvalue weighted by atomic mass is 9.99. The molecule has 1 aromatic rings.